The topological polar surface area (TPSA) is 52.1 Å². The van der Waals surface area contributed by atoms with Gasteiger partial charge in [0.15, 0.2) is 0 Å². The van der Waals surface area contributed by atoms with Gasteiger partial charge < -0.3 is 10.1 Å². The Balaban J connectivity index is 1.62. The molecule has 1 aliphatic carbocycles. The van der Waals surface area contributed by atoms with Crippen molar-refractivity contribution < 1.29 is 5.11 Å². The fourth-order valence-electron chi connectivity index (χ4n) is 3.34. The molecule has 18 heavy (non-hydrogen) atoms. The largest absolute Gasteiger partial charge is 0.396 e. The van der Waals surface area contributed by atoms with Crippen LogP contribution in [0, 0.1) is 11.3 Å². The Hall–Kier alpha value is -0.870. The molecule has 0 bridgehead atoms. The number of H-pyrrole nitrogens is 1. The van der Waals surface area contributed by atoms with Crippen LogP contribution in [0.1, 0.15) is 37.9 Å². The van der Waals surface area contributed by atoms with E-state index in [0.717, 1.165) is 31.4 Å². The minimum atomic E-state index is 0.159. The number of aliphatic hydroxyl groups is 1. The summed E-state index contributed by atoms with van der Waals surface area (Å²) in [5.74, 6) is 1.93. The second-order valence-corrected chi connectivity index (χ2v) is 6.16. The fraction of sp³-hybridized carbons (Fsp3) is 0.786. The molecule has 2 heterocycles. The molecule has 100 valence electrons. The summed E-state index contributed by atoms with van der Waals surface area (Å²) in [6.07, 6.45) is 10.0. The Labute approximate surface area is 108 Å². The van der Waals surface area contributed by atoms with E-state index in [2.05, 4.69) is 14.9 Å². The third-order valence-corrected chi connectivity index (χ3v) is 4.42. The van der Waals surface area contributed by atoms with Crippen LogP contribution in [-0.2, 0) is 6.54 Å². The summed E-state index contributed by atoms with van der Waals surface area (Å²) < 4.78 is 0. The van der Waals surface area contributed by atoms with Gasteiger partial charge in [-0.2, -0.15) is 0 Å². The lowest BCUT2D eigenvalue weighted by Gasteiger charge is -2.42. The van der Waals surface area contributed by atoms with Gasteiger partial charge in [0, 0.05) is 31.0 Å². The summed E-state index contributed by atoms with van der Waals surface area (Å²) >= 11 is 0. The molecule has 3 rings (SSSR count). The summed E-state index contributed by atoms with van der Waals surface area (Å²) in [6, 6.07) is 0. The van der Waals surface area contributed by atoms with Gasteiger partial charge in [-0.1, -0.05) is 12.8 Å². The molecule has 1 aromatic heterocycles. The van der Waals surface area contributed by atoms with E-state index in [4.69, 9.17) is 0 Å². The zero-order chi connectivity index (χ0) is 12.4. The number of nitrogens with one attached hydrogen (secondary N) is 1. The van der Waals surface area contributed by atoms with Crippen LogP contribution in [0.4, 0.5) is 0 Å². The molecule has 1 aliphatic heterocycles. The van der Waals surface area contributed by atoms with Gasteiger partial charge >= 0.3 is 0 Å². The zero-order valence-electron chi connectivity index (χ0n) is 10.9. The number of piperidine rings is 1. The quantitative estimate of drug-likeness (QED) is 0.836. The van der Waals surface area contributed by atoms with Crippen molar-refractivity contribution in [3.05, 3.63) is 18.2 Å². The number of hydrogen-bond donors (Lipinski definition) is 2. The molecule has 1 aromatic rings. The second-order valence-electron chi connectivity index (χ2n) is 6.16. The fourth-order valence-corrected chi connectivity index (χ4v) is 3.34. The molecule has 0 aromatic carbocycles. The Morgan fingerprint density at radius 1 is 1.50 bits per heavy atom. The van der Waals surface area contributed by atoms with Crippen LogP contribution < -0.4 is 0 Å². The van der Waals surface area contributed by atoms with Gasteiger partial charge in [0.25, 0.3) is 0 Å². The molecular weight excluding hydrogens is 226 g/mol. The van der Waals surface area contributed by atoms with Crippen molar-refractivity contribution in [2.45, 2.75) is 38.6 Å². The smallest absolute Gasteiger partial charge is 0.120 e. The van der Waals surface area contributed by atoms with Crippen molar-refractivity contribution in [1.82, 2.24) is 14.9 Å². The maximum Gasteiger partial charge on any atom is 0.120 e. The van der Waals surface area contributed by atoms with Crippen molar-refractivity contribution in [3.63, 3.8) is 0 Å². The van der Waals surface area contributed by atoms with E-state index < -0.39 is 0 Å². The maximum atomic E-state index is 9.81. The van der Waals surface area contributed by atoms with Crippen molar-refractivity contribution in [1.29, 1.82) is 0 Å². The molecule has 1 saturated carbocycles. The third-order valence-electron chi connectivity index (χ3n) is 4.42. The molecule has 0 amide bonds. The highest BCUT2D eigenvalue weighted by molar-refractivity contribution is 4.94. The first-order chi connectivity index (χ1) is 8.80. The summed E-state index contributed by atoms with van der Waals surface area (Å²) in [6.45, 7) is 3.39. The van der Waals surface area contributed by atoms with Crippen molar-refractivity contribution in [2.75, 3.05) is 19.7 Å². The highest BCUT2D eigenvalue weighted by Gasteiger charge is 2.39. The van der Waals surface area contributed by atoms with Gasteiger partial charge in [0.2, 0.25) is 0 Å². The third kappa shape index (κ3) is 2.75. The van der Waals surface area contributed by atoms with E-state index in [0.29, 0.717) is 6.61 Å². The first-order valence-electron chi connectivity index (χ1n) is 7.11. The number of aromatic amines is 1. The predicted octanol–water partition coefficient (Wildman–Crippen LogP) is 1.78. The molecule has 4 heteroatoms. The molecule has 1 saturated heterocycles. The molecule has 4 nitrogen and oxygen atoms in total. The van der Waals surface area contributed by atoms with Gasteiger partial charge in [-0.15, -0.1) is 0 Å². The summed E-state index contributed by atoms with van der Waals surface area (Å²) in [4.78, 5) is 9.91. The molecule has 1 atom stereocenters. The normalized spacial score (nSPS) is 29.6. The van der Waals surface area contributed by atoms with Gasteiger partial charge in [-0.25, -0.2) is 4.98 Å². The van der Waals surface area contributed by atoms with Gasteiger partial charge in [-0.05, 0) is 31.7 Å². The first-order valence-corrected chi connectivity index (χ1v) is 7.11. The minimum absolute atomic E-state index is 0.159. The number of nitrogens with zero attached hydrogens (tertiary/aromatic N) is 2. The van der Waals surface area contributed by atoms with Gasteiger partial charge in [-0.3, -0.25) is 4.90 Å². The van der Waals surface area contributed by atoms with Crippen LogP contribution in [0.2, 0.25) is 0 Å². The number of aromatic nitrogens is 2. The number of likely N-dealkylation sites (tertiary alicyclic amines) is 1. The monoisotopic (exact) mass is 249 g/mol. The van der Waals surface area contributed by atoms with E-state index in [1.807, 2.05) is 12.4 Å². The van der Waals surface area contributed by atoms with Crippen LogP contribution in [0.3, 0.4) is 0 Å². The Morgan fingerprint density at radius 2 is 2.39 bits per heavy atom. The standard InChI is InChI=1S/C14H23N3O/c18-11-14(8-12-2-3-12)4-1-7-17(10-14)9-13-15-5-6-16-13/h5-6,12,18H,1-4,7-11H2,(H,15,16)/t14-/m0/s1. The zero-order valence-corrected chi connectivity index (χ0v) is 10.9. The van der Waals surface area contributed by atoms with Crippen LogP contribution in [-0.4, -0.2) is 39.7 Å². The summed E-state index contributed by atoms with van der Waals surface area (Å²) in [5.41, 5.74) is 0.159. The van der Waals surface area contributed by atoms with E-state index >= 15 is 0 Å². The highest BCUT2D eigenvalue weighted by Crippen LogP contribution is 2.44. The Bertz CT molecular complexity index is 374. The number of rotatable bonds is 5. The average molecular weight is 249 g/mol. The molecule has 0 unspecified atom stereocenters. The lowest BCUT2D eigenvalue weighted by molar-refractivity contribution is 0.0171. The van der Waals surface area contributed by atoms with Crippen molar-refractivity contribution in [3.8, 4) is 0 Å². The van der Waals surface area contributed by atoms with Crippen LogP contribution >= 0.6 is 0 Å². The Kier molecular flexibility index (Phi) is 3.39. The number of imidazole rings is 1. The van der Waals surface area contributed by atoms with Gasteiger partial charge in [0.1, 0.15) is 5.82 Å². The number of hydrogen-bond acceptors (Lipinski definition) is 3. The van der Waals surface area contributed by atoms with E-state index in [-0.39, 0.29) is 5.41 Å². The molecule has 0 spiro atoms. The van der Waals surface area contributed by atoms with Crippen molar-refractivity contribution in [2.24, 2.45) is 11.3 Å². The molecular formula is C14H23N3O. The average Bonchev–Trinajstić information content (AvgIpc) is 3.03. The predicted molar refractivity (Wildman–Crippen MR) is 70.0 cm³/mol. The van der Waals surface area contributed by atoms with Crippen LogP contribution in [0.25, 0.3) is 0 Å². The lowest BCUT2D eigenvalue weighted by Crippen LogP contribution is -2.45. The van der Waals surface area contributed by atoms with E-state index in [9.17, 15) is 5.11 Å². The summed E-state index contributed by atoms with van der Waals surface area (Å²) in [5, 5.41) is 9.81. The maximum absolute atomic E-state index is 9.81. The molecule has 2 N–H and O–H groups in total. The van der Waals surface area contributed by atoms with E-state index in [1.54, 1.807) is 0 Å². The second kappa shape index (κ2) is 5.02. The number of aliphatic hydroxyl groups excluding tert-OH is 1. The SMILES string of the molecule is OC[C@]1(CC2CC2)CCCN(Cc2ncc[nH]2)C1. The van der Waals surface area contributed by atoms with Crippen LogP contribution in [0.15, 0.2) is 12.4 Å². The molecule has 2 fully saturated rings. The highest BCUT2D eigenvalue weighted by atomic mass is 16.3. The molecule has 2 aliphatic rings. The first kappa shape index (κ1) is 12.2. The van der Waals surface area contributed by atoms with E-state index in [1.165, 1.54) is 32.1 Å². The lowest BCUT2D eigenvalue weighted by atomic mass is 9.76. The van der Waals surface area contributed by atoms with Gasteiger partial charge in [0.05, 0.1) is 6.54 Å². The van der Waals surface area contributed by atoms with Crippen LogP contribution in [0.5, 0.6) is 0 Å². The minimum Gasteiger partial charge on any atom is -0.396 e. The summed E-state index contributed by atoms with van der Waals surface area (Å²) in [7, 11) is 0. The molecule has 0 radical (unpaired) electrons. The Morgan fingerprint density at radius 3 is 3.06 bits per heavy atom. The van der Waals surface area contributed by atoms with Crippen molar-refractivity contribution >= 4 is 0 Å².